The molecule has 0 bridgehead atoms. The number of nitrogens with one attached hydrogen (secondary N) is 1. The molecular formula is C15H16BrN3O2. The van der Waals surface area contributed by atoms with E-state index in [1.807, 2.05) is 25.4 Å². The average molecular weight is 350 g/mol. The van der Waals surface area contributed by atoms with Gasteiger partial charge in [0.05, 0.1) is 6.04 Å². The van der Waals surface area contributed by atoms with Crippen molar-refractivity contribution in [3.8, 4) is 0 Å². The van der Waals surface area contributed by atoms with Crippen molar-refractivity contribution in [3.05, 3.63) is 52.5 Å². The molecule has 0 saturated carbocycles. The predicted octanol–water partition coefficient (Wildman–Crippen LogP) is 2.44. The zero-order valence-corrected chi connectivity index (χ0v) is 13.2. The summed E-state index contributed by atoms with van der Waals surface area (Å²) in [6.07, 6.45) is 6.01. The van der Waals surface area contributed by atoms with E-state index in [-0.39, 0.29) is 18.1 Å². The second-order valence-corrected chi connectivity index (χ2v) is 6.02. The molecule has 6 heteroatoms. The highest BCUT2D eigenvalue weighted by Crippen LogP contribution is 2.30. The molecule has 3 rings (SSSR count). The van der Waals surface area contributed by atoms with Crippen LogP contribution in [0.3, 0.4) is 0 Å². The van der Waals surface area contributed by atoms with Gasteiger partial charge in [0.25, 0.3) is 5.91 Å². The fourth-order valence-corrected chi connectivity index (χ4v) is 2.97. The number of hydrogen-bond acceptors (Lipinski definition) is 3. The second-order valence-electron chi connectivity index (χ2n) is 5.10. The Morgan fingerprint density at radius 2 is 2.38 bits per heavy atom. The maximum atomic E-state index is 12.3. The monoisotopic (exact) mass is 349 g/mol. The molecule has 2 aromatic rings. The Bertz CT molecular complexity index is 656. The van der Waals surface area contributed by atoms with Gasteiger partial charge in [0.15, 0.2) is 0 Å². The van der Waals surface area contributed by atoms with E-state index in [4.69, 9.17) is 4.74 Å². The number of carbonyl (C=O) groups is 1. The first kappa shape index (κ1) is 14.3. The Hall–Kier alpha value is -1.66. The van der Waals surface area contributed by atoms with Gasteiger partial charge in [-0.3, -0.25) is 9.78 Å². The number of carbonyl (C=O) groups excluding carboxylic acids is 1. The first-order valence-corrected chi connectivity index (χ1v) is 7.58. The maximum Gasteiger partial charge on any atom is 0.268 e. The molecule has 5 nitrogen and oxygen atoms in total. The first-order valence-electron chi connectivity index (χ1n) is 6.79. The van der Waals surface area contributed by atoms with Crippen LogP contribution in [0.1, 0.15) is 28.6 Å². The summed E-state index contributed by atoms with van der Waals surface area (Å²) in [5.74, 6) is -0.0778. The van der Waals surface area contributed by atoms with Crippen LogP contribution in [0, 0.1) is 0 Å². The molecule has 0 aromatic carbocycles. The Labute approximate surface area is 131 Å². The number of pyridine rings is 1. The third kappa shape index (κ3) is 3.01. The summed E-state index contributed by atoms with van der Waals surface area (Å²) in [6, 6.07) is 5.60. The highest BCUT2D eigenvalue weighted by atomic mass is 79.9. The quantitative estimate of drug-likeness (QED) is 0.925. The Morgan fingerprint density at radius 1 is 1.52 bits per heavy atom. The minimum absolute atomic E-state index is 0.0384. The van der Waals surface area contributed by atoms with Gasteiger partial charge in [-0.1, -0.05) is 0 Å². The van der Waals surface area contributed by atoms with E-state index in [0.29, 0.717) is 12.3 Å². The molecule has 2 atom stereocenters. The van der Waals surface area contributed by atoms with E-state index in [0.717, 1.165) is 16.5 Å². The van der Waals surface area contributed by atoms with Crippen LogP contribution in [0.25, 0.3) is 0 Å². The second kappa shape index (κ2) is 5.99. The van der Waals surface area contributed by atoms with Gasteiger partial charge >= 0.3 is 0 Å². The van der Waals surface area contributed by atoms with E-state index in [1.165, 1.54) is 0 Å². The predicted molar refractivity (Wildman–Crippen MR) is 81.9 cm³/mol. The van der Waals surface area contributed by atoms with Crippen LogP contribution in [0.2, 0.25) is 0 Å². The molecule has 21 heavy (non-hydrogen) atoms. The topological polar surface area (TPSA) is 56.2 Å². The summed E-state index contributed by atoms with van der Waals surface area (Å²) in [7, 11) is 1.86. The molecule has 1 fully saturated rings. The van der Waals surface area contributed by atoms with Crippen LogP contribution in [0.4, 0.5) is 0 Å². The largest absolute Gasteiger partial charge is 0.371 e. The van der Waals surface area contributed by atoms with Gasteiger partial charge in [0.1, 0.15) is 11.8 Å². The number of aromatic nitrogens is 2. The van der Waals surface area contributed by atoms with Crippen molar-refractivity contribution in [2.45, 2.75) is 18.6 Å². The van der Waals surface area contributed by atoms with Crippen molar-refractivity contribution in [1.29, 1.82) is 0 Å². The summed E-state index contributed by atoms with van der Waals surface area (Å²) < 4.78 is 8.48. The third-order valence-electron chi connectivity index (χ3n) is 3.64. The molecule has 0 radical (unpaired) electrons. The summed E-state index contributed by atoms with van der Waals surface area (Å²) >= 11 is 3.41. The number of halogens is 1. The van der Waals surface area contributed by atoms with Crippen molar-refractivity contribution in [2.24, 2.45) is 7.05 Å². The van der Waals surface area contributed by atoms with Crippen molar-refractivity contribution in [3.63, 3.8) is 0 Å². The van der Waals surface area contributed by atoms with Crippen LogP contribution in [-0.4, -0.2) is 28.1 Å². The lowest BCUT2D eigenvalue weighted by Crippen LogP contribution is -2.37. The molecule has 110 valence electrons. The summed E-state index contributed by atoms with van der Waals surface area (Å²) in [5.41, 5.74) is 1.62. The minimum Gasteiger partial charge on any atom is -0.371 e. The molecule has 3 heterocycles. The number of hydrogen-bond donors (Lipinski definition) is 1. The summed E-state index contributed by atoms with van der Waals surface area (Å²) in [5, 5.41) is 3.06. The minimum atomic E-state index is -0.154. The zero-order chi connectivity index (χ0) is 14.8. The zero-order valence-electron chi connectivity index (χ0n) is 11.6. The van der Waals surface area contributed by atoms with Crippen molar-refractivity contribution < 1.29 is 9.53 Å². The van der Waals surface area contributed by atoms with Crippen LogP contribution in [0.5, 0.6) is 0 Å². The molecule has 1 aliphatic rings. The fourth-order valence-electron chi connectivity index (χ4n) is 2.59. The molecular weight excluding hydrogens is 334 g/mol. The SMILES string of the molecule is Cn1cccc1C(=O)N[C@H]1CCO[C@@H]1c1cncc(Br)c1. The third-order valence-corrected chi connectivity index (χ3v) is 4.07. The van der Waals surface area contributed by atoms with Gasteiger partial charge in [-0.25, -0.2) is 0 Å². The van der Waals surface area contributed by atoms with Gasteiger partial charge in [-0.2, -0.15) is 0 Å². The molecule has 0 aliphatic carbocycles. The van der Waals surface area contributed by atoms with E-state index in [1.54, 1.807) is 23.0 Å². The number of rotatable bonds is 3. The average Bonchev–Trinajstić information content (AvgIpc) is 3.07. The maximum absolute atomic E-state index is 12.3. The van der Waals surface area contributed by atoms with Crippen LogP contribution in [0.15, 0.2) is 41.3 Å². The number of aryl methyl sites for hydroxylation is 1. The van der Waals surface area contributed by atoms with Gasteiger partial charge in [-0.05, 0) is 40.5 Å². The number of amides is 1. The lowest BCUT2D eigenvalue weighted by atomic mass is 10.0. The summed E-state index contributed by atoms with van der Waals surface area (Å²) in [6.45, 7) is 0.634. The molecule has 1 amide bonds. The molecule has 2 aromatic heterocycles. The molecule has 0 unspecified atom stereocenters. The fraction of sp³-hybridized carbons (Fsp3) is 0.333. The normalized spacial score (nSPS) is 21.4. The molecule has 0 spiro atoms. The van der Waals surface area contributed by atoms with Crippen molar-refractivity contribution >= 4 is 21.8 Å². The van der Waals surface area contributed by atoms with Crippen molar-refractivity contribution in [2.75, 3.05) is 6.61 Å². The molecule has 1 N–H and O–H groups in total. The lowest BCUT2D eigenvalue weighted by molar-refractivity contribution is 0.0814. The van der Waals surface area contributed by atoms with Crippen LogP contribution >= 0.6 is 15.9 Å². The van der Waals surface area contributed by atoms with E-state index in [9.17, 15) is 4.79 Å². The summed E-state index contributed by atoms with van der Waals surface area (Å²) in [4.78, 5) is 16.5. The highest BCUT2D eigenvalue weighted by Gasteiger charge is 2.31. The molecule has 1 aliphatic heterocycles. The number of ether oxygens (including phenoxy) is 1. The van der Waals surface area contributed by atoms with Crippen LogP contribution in [-0.2, 0) is 11.8 Å². The lowest BCUT2D eigenvalue weighted by Gasteiger charge is -2.20. The van der Waals surface area contributed by atoms with Gasteiger partial charge in [-0.15, -0.1) is 0 Å². The van der Waals surface area contributed by atoms with Gasteiger partial charge in [0, 0.05) is 42.3 Å². The Balaban J connectivity index is 1.76. The Kier molecular flexibility index (Phi) is 4.07. The van der Waals surface area contributed by atoms with Gasteiger partial charge in [0.2, 0.25) is 0 Å². The standard InChI is InChI=1S/C15H16BrN3O2/c1-19-5-2-3-13(19)15(20)18-12-4-6-21-14(12)10-7-11(16)9-17-8-10/h2-3,5,7-9,12,14H,4,6H2,1H3,(H,18,20)/t12-,14+/m0/s1. The first-order chi connectivity index (χ1) is 10.1. The van der Waals surface area contributed by atoms with Gasteiger partial charge < -0.3 is 14.6 Å². The van der Waals surface area contributed by atoms with Crippen molar-refractivity contribution in [1.82, 2.24) is 14.9 Å². The smallest absolute Gasteiger partial charge is 0.268 e. The van der Waals surface area contributed by atoms with E-state index < -0.39 is 0 Å². The number of nitrogens with zero attached hydrogens (tertiary/aromatic N) is 2. The van der Waals surface area contributed by atoms with Crippen LogP contribution < -0.4 is 5.32 Å². The van der Waals surface area contributed by atoms with E-state index >= 15 is 0 Å². The Morgan fingerprint density at radius 3 is 3.10 bits per heavy atom. The van der Waals surface area contributed by atoms with E-state index in [2.05, 4.69) is 26.2 Å². The molecule has 1 saturated heterocycles. The highest BCUT2D eigenvalue weighted by molar-refractivity contribution is 9.10.